The van der Waals surface area contributed by atoms with Crippen molar-refractivity contribution in [1.82, 2.24) is 4.98 Å². The van der Waals surface area contributed by atoms with Gasteiger partial charge in [0, 0.05) is 27.6 Å². The standard InChI is InChI=1S/C19H21NO2/c1-6-18(2,3)17-14(11-21)12-7-8-15-13(16(12)20-17)9-10-19(4,5)22-15/h6-11,20H,1H2,2-5H3. The van der Waals surface area contributed by atoms with Crippen molar-refractivity contribution in [2.75, 3.05) is 0 Å². The van der Waals surface area contributed by atoms with Crippen LogP contribution in [0.3, 0.4) is 0 Å². The summed E-state index contributed by atoms with van der Waals surface area (Å²) in [6.07, 6.45) is 6.88. The van der Waals surface area contributed by atoms with Crippen LogP contribution in [0.15, 0.2) is 30.9 Å². The number of aromatic amines is 1. The van der Waals surface area contributed by atoms with Gasteiger partial charge in [0.15, 0.2) is 6.29 Å². The van der Waals surface area contributed by atoms with Crippen molar-refractivity contribution < 1.29 is 9.53 Å². The van der Waals surface area contributed by atoms with Gasteiger partial charge in [0.2, 0.25) is 0 Å². The van der Waals surface area contributed by atoms with E-state index in [1.165, 1.54) is 0 Å². The minimum Gasteiger partial charge on any atom is -0.483 e. The average molecular weight is 295 g/mol. The molecule has 0 amide bonds. The molecule has 2 heterocycles. The van der Waals surface area contributed by atoms with Gasteiger partial charge < -0.3 is 9.72 Å². The van der Waals surface area contributed by atoms with Gasteiger partial charge in [-0.05, 0) is 38.1 Å². The molecule has 0 spiro atoms. The molecular weight excluding hydrogens is 274 g/mol. The predicted octanol–water partition coefficient (Wildman–Crippen LogP) is 4.63. The number of aromatic nitrogens is 1. The quantitative estimate of drug-likeness (QED) is 0.662. The molecule has 0 saturated carbocycles. The largest absolute Gasteiger partial charge is 0.483 e. The van der Waals surface area contributed by atoms with Crippen molar-refractivity contribution in [3.63, 3.8) is 0 Å². The first-order valence-corrected chi connectivity index (χ1v) is 7.45. The molecule has 0 radical (unpaired) electrons. The molecule has 0 atom stereocenters. The number of fused-ring (bicyclic) bond motifs is 3. The van der Waals surface area contributed by atoms with E-state index in [0.29, 0.717) is 5.56 Å². The average Bonchev–Trinajstić information content (AvgIpc) is 2.85. The third kappa shape index (κ3) is 2.08. The molecule has 3 nitrogen and oxygen atoms in total. The lowest BCUT2D eigenvalue weighted by Gasteiger charge is -2.28. The topological polar surface area (TPSA) is 42.1 Å². The summed E-state index contributed by atoms with van der Waals surface area (Å²) in [5, 5.41) is 0.923. The molecular formula is C19H21NO2. The molecule has 3 heteroatoms. The Bertz CT molecular complexity index is 806. The molecule has 0 unspecified atom stereocenters. The van der Waals surface area contributed by atoms with E-state index in [4.69, 9.17) is 4.74 Å². The van der Waals surface area contributed by atoms with Gasteiger partial charge in [-0.3, -0.25) is 4.79 Å². The molecule has 1 N–H and O–H groups in total. The van der Waals surface area contributed by atoms with E-state index in [1.807, 2.05) is 52.0 Å². The molecule has 0 saturated heterocycles. The lowest BCUT2D eigenvalue weighted by molar-refractivity contribution is 0.112. The normalized spacial score (nSPS) is 16.2. The van der Waals surface area contributed by atoms with Crippen LogP contribution in [0.2, 0.25) is 0 Å². The fraction of sp³-hybridized carbons (Fsp3) is 0.316. The van der Waals surface area contributed by atoms with E-state index in [2.05, 4.69) is 17.6 Å². The van der Waals surface area contributed by atoms with Crippen LogP contribution in [0, 0.1) is 0 Å². The minimum atomic E-state index is -0.316. The van der Waals surface area contributed by atoms with Gasteiger partial charge in [0.25, 0.3) is 0 Å². The van der Waals surface area contributed by atoms with Crippen molar-refractivity contribution >= 4 is 23.3 Å². The van der Waals surface area contributed by atoms with Crippen LogP contribution in [0.1, 0.15) is 49.3 Å². The maximum absolute atomic E-state index is 11.6. The highest BCUT2D eigenvalue weighted by molar-refractivity contribution is 6.03. The minimum absolute atomic E-state index is 0.305. The molecule has 22 heavy (non-hydrogen) atoms. The number of carbonyl (C=O) groups excluding carboxylic acids is 1. The summed E-state index contributed by atoms with van der Waals surface area (Å²) in [4.78, 5) is 15.1. The molecule has 0 aliphatic carbocycles. The van der Waals surface area contributed by atoms with Gasteiger partial charge in [-0.15, -0.1) is 6.58 Å². The van der Waals surface area contributed by atoms with E-state index in [1.54, 1.807) is 0 Å². The Morgan fingerprint density at radius 2 is 2.05 bits per heavy atom. The summed E-state index contributed by atoms with van der Waals surface area (Å²) < 4.78 is 6.01. The van der Waals surface area contributed by atoms with Crippen LogP contribution < -0.4 is 4.74 Å². The lowest BCUT2D eigenvalue weighted by Crippen LogP contribution is -2.27. The van der Waals surface area contributed by atoms with Crippen LogP contribution in [-0.4, -0.2) is 16.9 Å². The zero-order valence-corrected chi connectivity index (χ0v) is 13.5. The van der Waals surface area contributed by atoms with Gasteiger partial charge >= 0.3 is 0 Å². The smallest absolute Gasteiger partial charge is 0.152 e. The zero-order chi connectivity index (χ0) is 16.1. The van der Waals surface area contributed by atoms with Crippen LogP contribution in [-0.2, 0) is 5.41 Å². The molecule has 0 fully saturated rings. The van der Waals surface area contributed by atoms with E-state index in [9.17, 15) is 4.79 Å². The van der Waals surface area contributed by atoms with E-state index in [0.717, 1.165) is 34.2 Å². The van der Waals surface area contributed by atoms with Crippen molar-refractivity contribution in [3.8, 4) is 5.75 Å². The highest BCUT2D eigenvalue weighted by Crippen LogP contribution is 2.39. The number of aldehydes is 1. The zero-order valence-electron chi connectivity index (χ0n) is 13.5. The Morgan fingerprint density at radius 1 is 1.32 bits per heavy atom. The third-order valence-electron chi connectivity index (χ3n) is 4.31. The Balaban J connectivity index is 2.32. The molecule has 0 bridgehead atoms. The maximum atomic E-state index is 11.6. The first-order chi connectivity index (χ1) is 10.3. The molecule has 1 aromatic heterocycles. The Labute approximate surface area is 130 Å². The summed E-state index contributed by atoms with van der Waals surface area (Å²) in [7, 11) is 0. The highest BCUT2D eigenvalue weighted by atomic mass is 16.5. The fourth-order valence-corrected chi connectivity index (χ4v) is 2.88. The van der Waals surface area contributed by atoms with Crippen LogP contribution in [0.5, 0.6) is 5.75 Å². The van der Waals surface area contributed by atoms with E-state index >= 15 is 0 Å². The van der Waals surface area contributed by atoms with Crippen LogP contribution in [0.4, 0.5) is 0 Å². The molecule has 1 aliphatic rings. The summed E-state index contributed by atoms with van der Waals surface area (Å²) in [6, 6.07) is 3.89. The maximum Gasteiger partial charge on any atom is 0.152 e. The first-order valence-electron chi connectivity index (χ1n) is 7.45. The summed E-state index contributed by atoms with van der Waals surface area (Å²) in [6.45, 7) is 12.0. The second kappa shape index (κ2) is 4.60. The number of nitrogens with one attached hydrogen (secondary N) is 1. The van der Waals surface area contributed by atoms with Crippen molar-refractivity contribution in [1.29, 1.82) is 0 Å². The SMILES string of the molecule is C=CC(C)(C)c1[nH]c2c3c(ccc2c1C=O)OC(C)(C)C=C3. The second-order valence-corrected chi connectivity index (χ2v) is 6.90. The number of H-pyrrole nitrogens is 1. The number of hydrogen-bond acceptors (Lipinski definition) is 2. The van der Waals surface area contributed by atoms with E-state index in [-0.39, 0.29) is 11.0 Å². The van der Waals surface area contributed by atoms with Gasteiger partial charge in [0.1, 0.15) is 11.4 Å². The van der Waals surface area contributed by atoms with Crippen molar-refractivity contribution in [2.45, 2.75) is 38.7 Å². The number of hydrogen-bond donors (Lipinski definition) is 1. The van der Waals surface area contributed by atoms with Gasteiger partial charge in [-0.2, -0.15) is 0 Å². The van der Waals surface area contributed by atoms with Crippen LogP contribution in [0.25, 0.3) is 17.0 Å². The Hall–Kier alpha value is -2.29. The Morgan fingerprint density at radius 3 is 2.68 bits per heavy atom. The number of benzene rings is 1. The summed E-state index contributed by atoms with van der Waals surface area (Å²) in [5.41, 5.74) is 2.90. The van der Waals surface area contributed by atoms with Crippen LogP contribution >= 0.6 is 0 Å². The Kier molecular flexibility index (Phi) is 3.06. The number of carbonyl (C=O) groups is 1. The second-order valence-electron chi connectivity index (χ2n) is 6.90. The highest BCUT2D eigenvalue weighted by Gasteiger charge is 2.28. The van der Waals surface area contributed by atoms with Gasteiger partial charge in [-0.1, -0.05) is 19.9 Å². The third-order valence-corrected chi connectivity index (χ3v) is 4.31. The molecule has 1 aliphatic heterocycles. The number of rotatable bonds is 3. The van der Waals surface area contributed by atoms with Crippen molar-refractivity contribution in [2.24, 2.45) is 0 Å². The fourth-order valence-electron chi connectivity index (χ4n) is 2.88. The van der Waals surface area contributed by atoms with Gasteiger partial charge in [-0.25, -0.2) is 0 Å². The number of ether oxygens (including phenoxy) is 1. The molecule has 3 rings (SSSR count). The molecule has 2 aromatic rings. The monoisotopic (exact) mass is 295 g/mol. The van der Waals surface area contributed by atoms with E-state index < -0.39 is 0 Å². The van der Waals surface area contributed by atoms with Crippen molar-refractivity contribution in [3.05, 3.63) is 47.7 Å². The van der Waals surface area contributed by atoms with Gasteiger partial charge in [0.05, 0.1) is 5.52 Å². The summed E-state index contributed by atoms with van der Waals surface area (Å²) in [5.74, 6) is 0.835. The molecule has 1 aromatic carbocycles. The molecule has 114 valence electrons. The lowest BCUT2D eigenvalue weighted by atomic mass is 9.87. The number of allylic oxidation sites excluding steroid dienone is 1. The first kappa shape index (κ1) is 14.6. The predicted molar refractivity (Wildman–Crippen MR) is 90.7 cm³/mol. The summed E-state index contributed by atoms with van der Waals surface area (Å²) >= 11 is 0.